The zero-order valence-corrected chi connectivity index (χ0v) is 16.0. The molecule has 2 aromatic carbocycles. The zero-order chi connectivity index (χ0) is 21.0. The molecule has 0 aromatic heterocycles. The minimum absolute atomic E-state index is 0.0396. The van der Waals surface area contributed by atoms with Crippen molar-refractivity contribution in [3.05, 3.63) is 59.4 Å². The molecular weight excluding hydrogens is 383 g/mol. The largest absolute Gasteiger partial charge is 0.488 e. The third kappa shape index (κ3) is 4.76. The number of hydrogen-bond donors (Lipinski definition) is 1. The molecule has 0 saturated carbocycles. The summed E-state index contributed by atoms with van der Waals surface area (Å²) >= 11 is 0. The summed E-state index contributed by atoms with van der Waals surface area (Å²) in [7, 11) is 0. The van der Waals surface area contributed by atoms with Crippen molar-refractivity contribution in [2.24, 2.45) is 16.8 Å². The highest BCUT2D eigenvalue weighted by Gasteiger charge is 2.24. The molecule has 2 aromatic rings. The number of nitrogens with zero attached hydrogens (tertiary/aromatic N) is 2. The molecule has 1 heterocycles. The molecule has 8 heteroatoms. The number of nitrogens with two attached hydrogens (primary N) is 1. The van der Waals surface area contributed by atoms with E-state index in [-0.39, 0.29) is 41.7 Å². The highest BCUT2D eigenvalue weighted by Crippen LogP contribution is 2.34. The van der Waals surface area contributed by atoms with Gasteiger partial charge < -0.3 is 10.5 Å². The molecule has 3 rings (SSSR count). The third-order valence-corrected chi connectivity index (χ3v) is 4.76. The number of amides is 1. The van der Waals surface area contributed by atoms with Gasteiger partial charge in [-0.15, -0.1) is 0 Å². The van der Waals surface area contributed by atoms with Gasteiger partial charge in [-0.05, 0) is 62.1 Å². The minimum atomic E-state index is -0.656. The van der Waals surface area contributed by atoms with Gasteiger partial charge in [0, 0.05) is 12.5 Å². The molecule has 1 aliphatic heterocycles. The van der Waals surface area contributed by atoms with Crippen molar-refractivity contribution in [1.29, 1.82) is 0 Å². The number of hydrogen-bond acceptors (Lipinski definition) is 4. The van der Waals surface area contributed by atoms with Gasteiger partial charge in [0.2, 0.25) is 5.91 Å². The van der Waals surface area contributed by atoms with Gasteiger partial charge in [-0.25, -0.2) is 13.2 Å². The van der Waals surface area contributed by atoms with Gasteiger partial charge in [0.05, 0.1) is 12.3 Å². The lowest BCUT2D eigenvalue weighted by Gasteiger charge is -2.25. The summed E-state index contributed by atoms with van der Waals surface area (Å²) in [5.74, 6) is -2.60. The fourth-order valence-electron chi connectivity index (χ4n) is 3.27. The molecule has 0 radical (unpaired) electrons. The molecule has 1 amide bonds. The number of halogens is 3. The van der Waals surface area contributed by atoms with Crippen LogP contribution < -0.4 is 15.5 Å². The van der Waals surface area contributed by atoms with E-state index < -0.39 is 23.4 Å². The first-order valence-corrected chi connectivity index (χ1v) is 9.35. The Morgan fingerprint density at radius 1 is 1.24 bits per heavy atom. The van der Waals surface area contributed by atoms with Crippen LogP contribution in [0.15, 0.2) is 41.5 Å². The highest BCUT2D eigenvalue weighted by molar-refractivity contribution is 6.04. The number of ether oxygens (including phenoxy) is 1. The van der Waals surface area contributed by atoms with Crippen LogP contribution in [-0.4, -0.2) is 24.8 Å². The smallest absolute Gasteiger partial charge is 0.244 e. The van der Waals surface area contributed by atoms with Crippen molar-refractivity contribution >= 4 is 17.3 Å². The van der Waals surface area contributed by atoms with Gasteiger partial charge in [-0.3, -0.25) is 4.79 Å². The SMILES string of the molecule is CC(=O)N1/N=C(/c2cc(F)ccc2F)CC[C@H](CCN)COc2c(F)cccc21. The number of anilines is 1. The molecule has 154 valence electrons. The van der Waals surface area contributed by atoms with E-state index in [1.807, 2.05) is 0 Å². The van der Waals surface area contributed by atoms with E-state index >= 15 is 0 Å². The molecule has 1 atom stereocenters. The first-order valence-electron chi connectivity index (χ1n) is 9.35. The van der Waals surface area contributed by atoms with Crippen LogP contribution in [0.3, 0.4) is 0 Å². The Balaban J connectivity index is 2.17. The van der Waals surface area contributed by atoms with E-state index in [1.165, 1.54) is 25.1 Å². The monoisotopic (exact) mass is 405 g/mol. The van der Waals surface area contributed by atoms with Crippen molar-refractivity contribution in [2.45, 2.75) is 26.2 Å². The van der Waals surface area contributed by atoms with Crippen molar-refractivity contribution in [1.82, 2.24) is 0 Å². The zero-order valence-electron chi connectivity index (χ0n) is 16.0. The van der Waals surface area contributed by atoms with E-state index in [4.69, 9.17) is 10.5 Å². The van der Waals surface area contributed by atoms with Crippen LogP contribution in [0.2, 0.25) is 0 Å². The molecule has 0 aliphatic carbocycles. The maximum absolute atomic E-state index is 14.5. The Hall–Kier alpha value is -2.87. The number of rotatable bonds is 3. The summed E-state index contributed by atoms with van der Waals surface area (Å²) in [4.78, 5) is 12.3. The predicted molar refractivity (Wildman–Crippen MR) is 104 cm³/mol. The van der Waals surface area contributed by atoms with Crippen molar-refractivity contribution in [3.8, 4) is 5.75 Å². The fourth-order valence-corrected chi connectivity index (χ4v) is 3.27. The Morgan fingerprint density at radius 2 is 2.03 bits per heavy atom. The second-order valence-corrected chi connectivity index (χ2v) is 6.88. The van der Waals surface area contributed by atoms with E-state index in [0.717, 1.165) is 23.2 Å². The average molecular weight is 405 g/mol. The lowest BCUT2D eigenvalue weighted by Crippen LogP contribution is -2.28. The molecule has 5 nitrogen and oxygen atoms in total. The van der Waals surface area contributed by atoms with Crippen LogP contribution in [0.1, 0.15) is 31.7 Å². The number of hydrazone groups is 1. The summed E-state index contributed by atoms with van der Waals surface area (Å²) in [6, 6.07) is 7.20. The molecule has 29 heavy (non-hydrogen) atoms. The summed E-state index contributed by atoms with van der Waals surface area (Å²) in [5, 5.41) is 5.26. The number of benzene rings is 2. The lowest BCUT2D eigenvalue weighted by molar-refractivity contribution is -0.116. The molecule has 1 aliphatic rings. The Bertz CT molecular complexity index is 933. The number of carbonyl (C=O) groups is 1. The summed E-state index contributed by atoms with van der Waals surface area (Å²) in [5.41, 5.74) is 5.92. The van der Waals surface area contributed by atoms with Gasteiger partial charge in [0.25, 0.3) is 0 Å². The molecular formula is C21H22F3N3O2. The summed E-state index contributed by atoms with van der Waals surface area (Å²) in [6.45, 7) is 1.83. The average Bonchev–Trinajstić information content (AvgIpc) is 2.68. The van der Waals surface area contributed by atoms with E-state index in [1.54, 1.807) is 0 Å². The second-order valence-electron chi connectivity index (χ2n) is 6.88. The van der Waals surface area contributed by atoms with Gasteiger partial charge in [-0.2, -0.15) is 10.1 Å². The van der Waals surface area contributed by atoms with Gasteiger partial charge in [0.1, 0.15) is 17.3 Å². The molecule has 0 saturated heterocycles. The topological polar surface area (TPSA) is 67.9 Å². The van der Waals surface area contributed by atoms with Crippen molar-refractivity contribution in [2.75, 3.05) is 18.2 Å². The molecule has 0 fully saturated rings. The third-order valence-electron chi connectivity index (χ3n) is 4.76. The summed E-state index contributed by atoms with van der Waals surface area (Å²) in [6.07, 6.45) is 1.38. The maximum atomic E-state index is 14.5. The molecule has 0 spiro atoms. The summed E-state index contributed by atoms with van der Waals surface area (Å²) < 4.78 is 48.4. The Morgan fingerprint density at radius 3 is 2.76 bits per heavy atom. The van der Waals surface area contributed by atoms with Crippen molar-refractivity contribution in [3.63, 3.8) is 0 Å². The number of para-hydroxylation sites is 1. The lowest BCUT2D eigenvalue weighted by atomic mass is 9.95. The van der Waals surface area contributed by atoms with Gasteiger partial charge in [-0.1, -0.05) is 6.07 Å². The van der Waals surface area contributed by atoms with Crippen LogP contribution >= 0.6 is 0 Å². The van der Waals surface area contributed by atoms with Gasteiger partial charge in [0.15, 0.2) is 11.6 Å². The number of fused-ring (bicyclic) bond motifs is 1. The first-order chi connectivity index (χ1) is 13.9. The molecule has 0 unspecified atom stereocenters. The fraction of sp³-hybridized carbons (Fsp3) is 0.333. The van der Waals surface area contributed by atoms with Crippen LogP contribution in [0.25, 0.3) is 0 Å². The normalized spacial score (nSPS) is 19.0. The van der Waals surface area contributed by atoms with Crippen LogP contribution in [0, 0.1) is 23.4 Å². The predicted octanol–water partition coefficient (Wildman–Crippen LogP) is 4.00. The standard InChI is InChI=1S/C21H22F3N3O2/c1-13(28)27-20-4-2-3-18(24)21(20)29-12-14(9-10-25)5-8-19(26-27)16-11-15(22)6-7-17(16)23/h2-4,6-7,11,14H,5,8-10,12,25H2,1H3/b26-19+/t14-/m1/s1. The van der Waals surface area contributed by atoms with E-state index in [2.05, 4.69) is 5.10 Å². The Labute approximate surface area is 167 Å². The highest BCUT2D eigenvalue weighted by atomic mass is 19.1. The number of carbonyl (C=O) groups excluding carboxylic acids is 1. The van der Waals surface area contributed by atoms with Gasteiger partial charge >= 0.3 is 0 Å². The van der Waals surface area contributed by atoms with E-state index in [0.29, 0.717) is 19.4 Å². The Kier molecular flexibility index (Phi) is 6.53. The molecule has 0 bridgehead atoms. The molecule has 2 N–H and O–H groups in total. The second kappa shape index (κ2) is 9.09. The van der Waals surface area contributed by atoms with Crippen LogP contribution in [-0.2, 0) is 4.79 Å². The minimum Gasteiger partial charge on any atom is -0.488 e. The van der Waals surface area contributed by atoms with Crippen LogP contribution in [0.4, 0.5) is 18.9 Å². The first kappa shape index (κ1) is 20.9. The maximum Gasteiger partial charge on any atom is 0.244 e. The van der Waals surface area contributed by atoms with Crippen LogP contribution in [0.5, 0.6) is 5.75 Å². The quantitative estimate of drug-likeness (QED) is 0.839. The van der Waals surface area contributed by atoms with E-state index in [9.17, 15) is 18.0 Å². The van der Waals surface area contributed by atoms with Crippen molar-refractivity contribution < 1.29 is 22.7 Å².